The van der Waals surface area contributed by atoms with Crippen LogP contribution in [0.3, 0.4) is 0 Å². The van der Waals surface area contributed by atoms with Crippen molar-refractivity contribution in [1.82, 2.24) is 25.5 Å². The Hall–Kier alpha value is -2.44. The maximum Gasteiger partial charge on any atom is 0.407 e. The molecule has 0 aliphatic heterocycles. The molecular formula is C18H25N5O2. The van der Waals surface area contributed by atoms with Gasteiger partial charge in [-0.05, 0) is 67.5 Å². The molecule has 1 aromatic heterocycles. The van der Waals surface area contributed by atoms with Gasteiger partial charge in [0.05, 0.1) is 12.8 Å². The number of benzene rings is 1. The molecule has 0 unspecified atom stereocenters. The van der Waals surface area contributed by atoms with Crippen molar-refractivity contribution < 1.29 is 9.53 Å². The highest BCUT2D eigenvalue weighted by atomic mass is 16.5. The number of hydrogen-bond acceptors (Lipinski definition) is 5. The van der Waals surface area contributed by atoms with Crippen molar-refractivity contribution in [3.05, 3.63) is 35.2 Å². The van der Waals surface area contributed by atoms with Gasteiger partial charge in [0.2, 0.25) is 0 Å². The Labute approximate surface area is 147 Å². The van der Waals surface area contributed by atoms with Gasteiger partial charge in [-0.2, -0.15) is 4.68 Å². The lowest BCUT2D eigenvalue weighted by Gasteiger charge is -2.38. The van der Waals surface area contributed by atoms with E-state index in [1.807, 2.05) is 19.1 Å². The van der Waals surface area contributed by atoms with Gasteiger partial charge in [-0.25, -0.2) is 4.79 Å². The molecule has 1 N–H and O–H groups in total. The zero-order valence-corrected chi connectivity index (χ0v) is 15.2. The van der Waals surface area contributed by atoms with E-state index in [2.05, 4.69) is 40.8 Å². The van der Waals surface area contributed by atoms with E-state index >= 15 is 0 Å². The standard InChI is InChI=1S/C18H25N5O2/c1-12-7-9-18(10-8-12,19-17(24)25-4)16-20-21-22-23(16)15-6-5-13(2)11-14(15)3/h5-6,11-12H,7-10H2,1-4H3,(H,19,24). The fourth-order valence-corrected chi connectivity index (χ4v) is 3.60. The van der Waals surface area contributed by atoms with E-state index in [9.17, 15) is 4.79 Å². The van der Waals surface area contributed by atoms with Crippen LogP contribution < -0.4 is 5.32 Å². The second-order valence-electron chi connectivity index (χ2n) is 7.09. The summed E-state index contributed by atoms with van der Waals surface area (Å²) in [6.45, 7) is 6.33. The zero-order chi connectivity index (χ0) is 18.0. The van der Waals surface area contributed by atoms with Gasteiger partial charge >= 0.3 is 6.09 Å². The number of ether oxygens (including phenoxy) is 1. The maximum absolute atomic E-state index is 12.0. The van der Waals surface area contributed by atoms with E-state index in [0.29, 0.717) is 11.7 Å². The summed E-state index contributed by atoms with van der Waals surface area (Å²) in [7, 11) is 1.38. The smallest absolute Gasteiger partial charge is 0.407 e. The van der Waals surface area contributed by atoms with Gasteiger partial charge in [0.15, 0.2) is 5.82 Å². The molecule has 1 aromatic carbocycles. The van der Waals surface area contributed by atoms with Crippen molar-refractivity contribution in [2.75, 3.05) is 7.11 Å². The Bertz CT molecular complexity index is 763. The molecule has 25 heavy (non-hydrogen) atoms. The predicted molar refractivity (Wildman–Crippen MR) is 93.5 cm³/mol. The minimum absolute atomic E-state index is 0.454. The van der Waals surface area contributed by atoms with Gasteiger partial charge in [-0.15, -0.1) is 5.10 Å². The SMILES string of the molecule is COC(=O)NC1(c2nnnn2-c2ccc(C)cc2C)CCC(C)CC1. The number of carbonyl (C=O) groups excluding carboxylic acids is 1. The molecule has 1 aliphatic rings. The van der Waals surface area contributed by atoms with Crippen LogP contribution in [-0.2, 0) is 10.3 Å². The number of rotatable bonds is 3. The lowest BCUT2D eigenvalue weighted by atomic mass is 9.76. The van der Waals surface area contributed by atoms with Crippen molar-refractivity contribution in [3.63, 3.8) is 0 Å². The maximum atomic E-state index is 12.0. The van der Waals surface area contributed by atoms with Crippen LogP contribution in [0.5, 0.6) is 0 Å². The van der Waals surface area contributed by atoms with Crippen LogP contribution in [-0.4, -0.2) is 33.4 Å². The summed E-state index contributed by atoms with van der Waals surface area (Å²) >= 11 is 0. The van der Waals surface area contributed by atoms with Gasteiger partial charge in [0, 0.05) is 0 Å². The minimum atomic E-state index is -0.611. The Balaban J connectivity index is 2.06. The van der Waals surface area contributed by atoms with Crippen LogP contribution in [0.2, 0.25) is 0 Å². The lowest BCUT2D eigenvalue weighted by molar-refractivity contribution is 0.130. The number of methoxy groups -OCH3 is 1. The van der Waals surface area contributed by atoms with Crippen molar-refractivity contribution in [3.8, 4) is 5.69 Å². The Morgan fingerprint density at radius 1 is 1.32 bits per heavy atom. The molecule has 134 valence electrons. The number of aryl methyl sites for hydroxylation is 2. The van der Waals surface area contributed by atoms with Crippen LogP contribution >= 0.6 is 0 Å². The Morgan fingerprint density at radius 2 is 2.04 bits per heavy atom. The Morgan fingerprint density at radius 3 is 2.68 bits per heavy atom. The summed E-state index contributed by atoms with van der Waals surface area (Å²) < 4.78 is 6.61. The molecule has 0 bridgehead atoms. The van der Waals surface area contributed by atoms with Crippen LogP contribution in [0.4, 0.5) is 4.79 Å². The quantitative estimate of drug-likeness (QED) is 0.926. The van der Waals surface area contributed by atoms with Crippen LogP contribution in [0.1, 0.15) is 49.6 Å². The zero-order valence-electron chi connectivity index (χ0n) is 15.2. The fourth-order valence-electron chi connectivity index (χ4n) is 3.60. The summed E-state index contributed by atoms with van der Waals surface area (Å²) in [5, 5.41) is 15.4. The van der Waals surface area contributed by atoms with E-state index in [1.165, 1.54) is 12.7 Å². The van der Waals surface area contributed by atoms with Crippen LogP contribution in [0.15, 0.2) is 18.2 Å². The summed E-state index contributed by atoms with van der Waals surface area (Å²) in [5.41, 5.74) is 2.59. The summed E-state index contributed by atoms with van der Waals surface area (Å²) in [4.78, 5) is 12.0. The third kappa shape index (κ3) is 3.36. The van der Waals surface area contributed by atoms with Crippen molar-refractivity contribution in [1.29, 1.82) is 0 Å². The Kier molecular flexibility index (Phi) is 4.74. The third-order valence-corrected chi connectivity index (χ3v) is 5.13. The van der Waals surface area contributed by atoms with E-state index in [0.717, 1.165) is 36.9 Å². The van der Waals surface area contributed by atoms with Gasteiger partial charge in [0.25, 0.3) is 0 Å². The molecule has 7 heteroatoms. The molecule has 0 spiro atoms. The number of carbonyl (C=O) groups is 1. The molecule has 1 heterocycles. The van der Waals surface area contributed by atoms with E-state index in [-0.39, 0.29) is 0 Å². The first-order valence-corrected chi connectivity index (χ1v) is 8.68. The molecule has 0 saturated heterocycles. The number of amides is 1. The summed E-state index contributed by atoms with van der Waals surface area (Å²) in [6.07, 6.45) is 3.13. The molecule has 0 atom stereocenters. The number of aromatic nitrogens is 4. The lowest BCUT2D eigenvalue weighted by Crippen LogP contribution is -2.49. The van der Waals surface area contributed by atoms with E-state index < -0.39 is 11.6 Å². The first-order valence-electron chi connectivity index (χ1n) is 8.68. The third-order valence-electron chi connectivity index (χ3n) is 5.13. The van der Waals surface area contributed by atoms with E-state index in [4.69, 9.17) is 4.74 Å². The number of nitrogens with zero attached hydrogens (tertiary/aromatic N) is 4. The topological polar surface area (TPSA) is 81.9 Å². The van der Waals surface area contributed by atoms with Crippen LogP contribution in [0.25, 0.3) is 5.69 Å². The highest BCUT2D eigenvalue weighted by Crippen LogP contribution is 2.39. The highest BCUT2D eigenvalue weighted by Gasteiger charge is 2.42. The molecule has 7 nitrogen and oxygen atoms in total. The predicted octanol–water partition coefficient (Wildman–Crippen LogP) is 3.04. The van der Waals surface area contributed by atoms with E-state index in [1.54, 1.807) is 4.68 Å². The largest absolute Gasteiger partial charge is 0.453 e. The number of tetrazole rings is 1. The second kappa shape index (κ2) is 6.82. The monoisotopic (exact) mass is 343 g/mol. The molecule has 1 saturated carbocycles. The van der Waals surface area contributed by atoms with Gasteiger partial charge in [-0.1, -0.05) is 24.6 Å². The molecule has 2 aromatic rings. The molecule has 1 amide bonds. The summed E-state index contributed by atoms with van der Waals surface area (Å²) in [6, 6.07) is 6.16. The highest BCUT2D eigenvalue weighted by molar-refractivity contribution is 5.68. The fraction of sp³-hybridized carbons (Fsp3) is 0.556. The van der Waals surface area contributed by atoms with Crippen molar-refractivity contribution in [2.24, 2.45) is 5.92 Å². The van der Waals surface area contributed by atoms with Crippen molar-refractivity contribution in [2.45, 2.75) is 52.0 Å². The number of hydrogen-bond donors (Lipinski definition) is 1. The van der Waals surface area contributed by atoms with Crippen molar-refractivity contribution >= 4 is 6.09 Å². The number of alkyl carbamates (subject to hydrolysis) is 1. The molecular weight excluding hydrogens is 318 g/mol. The normalized spacial score (nSPS) is 23.3. The summed E-state index contributed by atoms with van der Waals surface area (Å²) in [5.74, 6) is 1.29. The van der Waals surface area contributed by atoms with Crippen LogP contribution in [0, 0.1) is 19.8 Å². The number of nitrogens with one attached hydrogen (secondary N) is 1. The van der Waals surface area contributed by atoms with Gasteiger partial charge in [-0.3, -0.25) is 0 Å². The molecule has 0 radical (unpaired) electrons. The minimum Gasteiger partial charge on any atom is -0.453 e. The first-order chi connectivity index (χ1) is 11.9. The second-order valence-corrected chi connectivity index (χ2v) is 7.09. The molecule has 1 aliphatic carbocycles. The molecule has 1 fully saturated rings. The molecule has 3 rings (SSSR count). The first kappa shape index (κ1) is 17.4. The average molecular weight is 343 g/mol. The van der Waals surface area contributed by atoms with Gasteiger partial charge in [0.1, 0.15) is 5.54 Å². The van der Waals surface area contributed by atoms with Gasteiger partial charge < -0.3 is 10.1 Å². The average Bonchev–Trinajstić information content (AvgIpc) is 3.07.